The zero-order chi connectivity index (χ0) is 17.6. The second-order valence-electron chi connectivity index (χ2n) is 6.17. The lowest BCUT2D eigenvalue weighted by molar-refractivity contribution is 0.0750. The van der Waals surface area contributed by atoms with Crippen molar-refractivity contribution in [1.82, 2.24) is 9.88 Å². The molecule has 2 aromatic carbocycles. The molecule has 0 spiro atoms. The first kappa shape index (κ1) is 17.0. The summed E-state index contributed by atoms with van der Waals surface area (Å²) in [7, 11) is 1.95. The molecule has 0 bridgehead atoms. The fraction of sp³-hybridized carbons (Fsp3) is 0.250. The van der Waals surface area contributed by atoms with Crippen molar-refractivity contribution in [3.8, 4) is 11.8 Å². The van der Waals surface area contributed by atoms with Gasteiger partial charge in [-0.05, 0) is 42.9 Å². The Labute approximate surface area is 147 Å². The van der Waals surface area contributed by atoms with Gasteiger partial charge < -0.3 is 14.8 Å². The number of nitrogens with zero attached hydrogens (tertiary/aromatic N) is 2. The average molecular weight is 335 g/mol. The summed E-state index contributed by atoms with van der Waals surface area (Å²) in [5, 5.41) is 20.1. The number of benzene rings is 2. The minimum Gasteiger partial charge on any atom is -0.490 e. The third kappa shape index (κ3) is 4.38. The van der Waals surface area contributed by atoms with E-state index in [4.69, 9.17) is 10.00 Å². The van der Waals surface area contributed by atoms with Gasteiger partial charge in [0.2, 0.25) is 0 Å². The number of ether oxygens (including phenoxy) is 1. The summed E-state index contributed by atoms with van der Waals surface area (Å²) in [4.78, 5) is 5.18. The van der Waals surface area contributed by atoms with Crippen LogP contribution in [0.15, 0.2) is 54.7 Å². The first-order chi connectivity index (χ1) is 12.2. The number of aromatic nitrogens is 1. The van der Waals surface area contributed by atoms with Crippen LogP contribution in [-0.2, 0) is 6.54 Å². The van der Waals surface area contributed by atoms with Gasteiger partial charge in [0, 0.05) is 30.2 Å². The van der Waals surface area contributed by atoms with Crippen molar-refractivity contribution in [3.63, 3.8) is 0 Å². The van der Waals surface area contributed by atoms with Crippen LogP contribution in [-0.4, -0.2) is 41.3 Å². The molecule has 0 aliphatic heterocycles. The van der Waals surface area contributed by atoms with Crippen molar-refractivity contribution in [3.05, 3.63) is 65.9 Å². The van der Waals surface area contributed by atoms with Crippen LogP contribution in [0.1, 0.15) is 11.1 Å². The second-order valence-corrected chi connectivity index (χ2v) is 6.17. The van der Waals surface area contributed by atoms with Gasteiger partial charge in [0.1, 0.15) is 18.5 Å². The van der Waals surface area contributed by atoms with Gasteiger partial charge in [-0.2, -0.15) is 5.26 Å². The molecule has 3 aromatic rings. The second kappa shape index (κ2) is 7.84. The number of aromatic amines is 1. The molecule has 3 rings (SSSR count). The van der Waals surface area contributed by atoms with E-state index < -0.39 is 6.10 Å². The fourth-order valence-corrected chi connectivity index (χ4v) is 2.84. The molecule has 128 valence electrons. The predicted octanol–water partition coefficient (Wildman–Crippen LogP) is 2.91. The first-order valence-corrected chi connectivity index (χ1v) is 8.20. The van der Waals surface area contributed by atoms with Crippen molar-refractivity contribution in [2.45, 2.75) is 12.6 Å². The van der Waals surface area contributed by atoms with E-state index in [1.807, 2.05) is 54.5 Å². The quantitative estimate of drug-likeness (QED) is 0.696. The number of likely N-dealkylation sites (N-methyl/N-ethyl adjacent to an activating group) is 1. The summed E-state index contributed by atoms with van der Waals surface area (Å²) in [6.45, 7) is 1.45. The zero-order valence-electron chi connectivity index (χ0n) is 14.1. The Morgan fingerprint density at radius 2 is 2.00 bits per heavy atom. The highest BCUT2D eigenvalue weighted by Crippen LogP contribution is 2.24. The number of H-pyrrole nitrogens is 1. The van der Waals surface area contributed by atoms with Gasteiger partial charge in [-0.15, -0.1) is 0 Å². The number of aliphatic hydroxyl groups excluding tert-OH is 1. The van der Waals surface area contributed by atoms with Crippen LogP contribution < -0.4 is 4.74 Å². The molecular weight excluding hydrogens is 314 g/mol. The minimum atomic E-state index is -0.586. The topological polar surface area (TPSA) is 72.3 Å². The molecule has 0 aliphatic rings. The fourth-order valence-electron chi connectivity index (χ4n) is 2.84. The predicted molar refractivity (Wildman–Crippen MR) is 97.3 cm³/mol. The smallest absolute Gasteiger partial charge is 0.128 e. The van der Waals surface area contributed by atoms with Crippen molar-refractivity contribution in [1.29, 1.82) is 5.26 Å². The van der Waals surface area contributed by atoms with Crippen LogP contribution in [0.3, 0.4) is 0 Å². The Balaban J connectivity index is 1.50. The molecule has 0 saturated heterocycles. The van der Waals surface area contributed by atoms with Gasteiger partial charge in [0.15, 0.2) is 0 Å². The lowest BCUT2D eigenvalue weighted by atomic mass is 10.1. The largest absolute Gasteiger partial charge is 0.490 e. The number of fused-ring (bicyclic) bond motifs is 1. The first-order valence-electron chi connectivity index (χ1n) is 8.20. The molecule has 0 saturated carbocycles. The Morgan fingerprint density at radius 1 is 1.20 bits per heavy atom. The Hall–Kier alpha value is -2.81. The van der Waals surface area contributed by atoms with Gasteiger partial charge in [-0.25, -0.2) is 0 Å². The van der Waals surface area contributed by atoms with Gasteiger partial charge in [-0.3, -0.25) is 4.90 Å². The van der Waals surface area contributed by atoms with Crippen molar-refractivity contribution < 1.29 is 9.84 Å². The molecule has 0 radical (unpaired) electrons. The van der Waals surface area contributed by atoms with Gasteiger partial charge in [-0.1, -0.05) is 18.2 Å². The summed E-state index contributed by atoms with van der Waals surface area (Å²) in [6, 6.07) is 17.4. The molecule has 1 heterocycles. The maximum atomic E-state index is 10.2. The molecule has 0 aliphatic carbocycles. The van der Waals surface area contributed by atoms with Crippen molar-refractivity contribution in [2.75, 3.05) is 20.2 Å². The Kier molecular flexibility index (Phi) is 5.34. The normalized spacial score (nSPS) is 12.2. The Bertz CT molecular complexity index is 865. The lowest BCUT2D eigenvalue weighted by Crippen LogP contribution is -2.32. The van der Waals surface area contributed by atoms with Crippen LogP contribution in [0.2, 0.25) is 0 Å². The third-order valence-corrected chi connectivity index (χ3v) is 4.04. The highest BCUT2D eigenvalue weighted by molar-refractivity contribution is 5.85. The van der Waals surface area contributed by atoms with E-state index in [9.17, 15) is 5.11 Å². The summed E-state index contributed by atoms with van der Waals surface area (Å²) in [5.41, 5.74) is 2.77. The number of hydrogen-bond donors (Lipinski definition) is 2. The van der Waals surface area contributed by atoms with Crippen LogP contribution >= 0.6 is 0 Å². The number of rotatable bonds is 7. The summed E-state index contributed by atoms with van der Waals surface area (Å²) < 4.78 is 5.79. The molecule has 2 N–H and O–H groups in total. The number of nitrogens with one attached hydrogen (secondary N) is 1. The third-order valence-electron chi connectivity index (χ3n) is 4.04. The molecule has 0 amide bonds. The SMILES string of the molecule is CN(Cc1ccc(C#N)cc1)CC(O)COc1cccc2[nH]ccc12. The standard InChI is InChI=1S/C20H21N3O2/c1-23(12-16-7-5-15(11-21)6-8-16)13-17(24)14-25-20-4-2-3-19-18(20)9-10-22-19/h2-10,17,22,24H,12-14H2,1H3. The highest BCUT2D eigenvalue weighted by Gasteiger charge is 2.11. The minimum absolute atomic E-state index is 0.238. The average Bonchev–Trinajstić information content (AvgIpc) is 3.09. The number of aliphatic hydroxyl groups is 1. The maximum absolute atomic E-state index is 10.2. The van der Waals surface area contributed by atoms with Crippen molar-refractivity contribution in [2.24, 2.45) is 0 Å². The van der Waals surface area contributed by atoms with E-state index in [1.54, 1.807) is 12.1 Å². The van der Waals surface area contributed by atoms with E-state index in [0.29, 0.717) is 18.7 Å². The molecule has 0 fully saturated rings. The molecule has 5 heteroatoms. The van der Waals surface area contributed by atoms with Gasteiger partial charge in [0.05, 0.1) is 11.6 Å². The molecule has 1 aromatic heterocycles. The number of nitriles is 1. The summed E-state index contributed by atoms with van der Waals surface area (Å²) in [6.07, 6.45) is 1.29. The molecular formula is C20H21N3O2. The molecule has 1 unspecified atom stereocenters. The van der Waals surface area contributed by atoms with Crippen LogP contribution in [0, 0.1) is 11.3 Å². The monoisotopic (exact) mass is 335 g/mol. The van der Waals surface area contributed by atoms with Gasteiger partial charge >= 0.3 is 0 Å². The van der Waals surface area contributed by atoms with E-state index in [1.165, 1.54) is 0 Å². The number of hydrogen-bond acceptors (Lipinski definition) is 4. The lowest BCUT2D eigenvalue weighted by Gasteiger charge is -2.21. The van der Waals surface area contributed by atoms with Crippen LogP contribution in [0.5, 0.6) is 5.75 Å². The summed E-state index contributed by atoms with van der Waals surface area (Å²) >= 11 is 0. The van der Waals surface area contributed by atoms with Crippen LogP contribution in [0.25, 0.3) is 10.9 Å². The van der Waals surface area contributed by atoms with Crippen LogP contribution in [0.4, 0.5) is 0 Å². The van der Waals surface area contributed by atoms with E-state index in [0.717, 1.165) is 22.2 Å². The maximum Gasteiger partial charge on any atom is 0.128 e. The molecule has 5 nitrogen and oxygen atoms in total. The van der Waals surface area contributed by atoms with E-state index >= 15 is 0 Å². The zero-order valence-corrected chi connectivity index (χ0v) is 14.1. The molecule has 25 heavy (non-hydrogen) atoms. The summed E-state index contributed by atoms with van der Waals surface area (Å²) in [5.74, 6) is 0.771. The highest BCUT2D eigenvalue weighted by atomic mass is 16.5. The van der Waals surface area contributed by atoms with E-state index in [-0.39, 0.29) is 6.61 Å². The van der Waals surface area contributed by atoms with Crippen molar-refractivity contribution >= 4 is 10.9 Å². The molecule has 1 atom stereocenters. The Morgan fingerprint density at radius 3 is 2.76 bits per heavy atom. The van der Waals surface area contributed by atoms with Gasteiger partial charge in [0.25, 0.3) is 0 Å². The van der Waals surface area contributed by atoms with E-state index in [2.05, 4.69) is 11.1 Å².